The number of carboxylic acid groups (broad SMARTS) is 1. The van der Waals surface area contributed by atoms with Gasteiger partial charge in [0.1, 0.15) is 17.7 Å². The molecule has 0 unspecified atom stereocenters. The highest BCUT2D eigenvalue weighted by Crippen LogP contribution is 2.19. The molecule has 4 nitrogen and oxygen atoms in total. The lowest BCUT2D eigenvalue weighted by Crippen LogP contribution is -2.38. The van der Waals surface area contributed by atoms with Crippen molar-refractivity contribution in [2.24, 2.45) is 0 Å². The van der Waals surface area contributed by atoms with Crippen molar-refractivity contribution < 1.29 is 23.5 Å². The Morgan fingerprint density at radius 3 is 2.47 bits per heavy atom. The first-order valence-electron chi connectivity index (χ1n) is 4.51. The van der Waals surface area contributed by atoms with Crippen LogP contribution in [-0.4, -0.2) is 23.0 Å². The Bertz CT molecular complexity index is 479. The highest BCUT2D eigenvalue weighted by atomic mass is 35.5. The summed E-state index contributed by atoms with van der Waals surface area (Å²) in [5.74, 6) is -4.28. The average Bonchev–Trinajstić information content (AvgIpc) is 2.22. The van der Waals surface area contributed by atoms with Crippen LogP contribution in [0.5, 0.6) is 0 Å². The summed E-state index contributed by atoms with van der Waals surface area (Å²) >= 11 is 5.31. The Balaban J connectivity index is 2.97. The van der Waals surface area contributed by atoms with Gasteiger partial charge < -0.3 is 10.4 Å². The van der Waals surface area contributed by atoms with Gasteiger partial charge in [0.15, 0.2) is 0 Å². The summed E-state index contributed by atoms with van der Waals surface area (Å²) in [6.07, 6.45) is 0. The number of amides is 1. The van der Waals surface area contributed by atoms with Gasteiger partial charge in [-0.1, -0.05) is 11.6 Å². The van der Waals surface area contributed by atoms with Crippen LogP contribution in [0, 0.1) is 11.6 Å². The molecule has 0 heterocycles. The summed E-state index contributed by atoms with van der Waals surface area (Å²) in [4.78, 5) is 21.9. The van der Waals surface area contributed by atoms with Crippen molar-refractivity contribution in [3.8, 4) is 0 Å². The van der Waals surface area contributed by atoms with Crippen LogP contribution >= 0.6 is 11.6 Å². The predicted octanol–water partition coefficient (Wildman–Crippen LogP) is 1.82. The van der Waals surface area contributed by atoms with Crippen LogP contribution < -0.4 is 5.32 Å². The van der Waals surface area contributed by atoms with E-state index in [0.717, 1.165) is 0 Å². The molecule has 1 aromatic rings. The number of carbonyl (C=O) groups excluding carboxylic acids is 1. The van der Waals surface area contributed by atoms with Crippen molar-refractivity contribution >= 4 is 23.5 Å². The van der Waals surface area contributed by atoms with Gasteiger partial charge in [0.2, 0.25) is 0 Å². The minimum atomic E-state index is -1.28. The Hall–Kier alpha value is -1.69. The number of rotatable bonds is 3. The van der Waals surface area contributed by atoms with Crippen LogP contribution in [0.15, 0.2) is 12.1 Å². The molecule has 0 saturated heterocycles. The highest BCUT2D eigenvalue weighted by Gasteiger charge is 2.19. The lowest BCUT2D eigenvalue weighted by atomic mass is 10.2. The van der Waals surface area contributed by atoms with E-state index in [4.69, 9.17) is 16.7 Å². The van der Waals surface area contributed by atoms with Crippen molar-refractivity contribution in [1.82, 2.24) is 5.32 Å². The predicted molar refractivity (Wildman–Crippen MR) is 55.9 cm³/mol. The molecule has 0 spiro atoms. The van der Waals surface area contributed by atoms with Gasteiger partial charge in [0.25, 0.3) is 5.91 Å². The number of hydrogen-bond acceptors (Lipinski definition) is 2. The van der Waals surface area contributed by atoms with Crippen LogP contribution in [0.4, 0.5) is 8.78 Å². The Morgan fingerprint density at radius 1 is 1.35 bits per heavy atom. The summed E-state index contributed by atoms with van der Waals surface area (Å²) in [5, 5.41) is 10.1. The third-order valence-corrected chi connectivity index (χ3v) is 2.26. The van der Waals surface area contributed by atoms with E-state index in [1.165, 1.54) is 6.92 Å². The van der Waals surface area contributed by atoms with E-state index in [1.807, 2.05) is 5.32 Å². The first kappa shape index (κ1) is 13.4. The van der Waals surface area contributed by atoms with E-state index >= 15 is 0 Å². The van der Waals surface area contributed by atoms with Gasteiger partial charge in [-0.3, -0.25) is 9.59 Å². The SMILES string of the molecule is C[C@H](NC(=O)c1cc(F)c(Cl)cc1F)C(=O)O. The van der Waals surface area contributed by atoms with Gasteiger partial charge >= 0.3 is 5.97 Å². The van der Waals surface area contributed by atoms with E-state index < -0.39 is 40.1 Å². The van der Waals surface area contributed by atoms with Gasteiger partial charge in [-0.15, -0.1) is 0 Å². The second-order valence-corrected chi connectivity index (χ2v) is 3.69. The number of carbonyl (C=O) groups is 2. The molecule has 1 rings (SSSR count). The standard InChI is InChI=1S/C10H8ClF2NO3/c1-4(10(16)17)14-9(15)5-2-8(13)6(11)3-7(5)12/h2-4H,1H3,(H,14,15)(H,16,17)/t4-/m0/s1. The minimum absolute atomic E-state index is 0.453. The van der Waals surface area contributed by atoms with Crippen LogP contribution in [0.25, 0.3) is 0 Å². The molecule has 0 aliphatic heterocycles. The van der Waals surface area contributed by atoms with E-state index in [9.17, 15) is 18.4 Å². The smallest absolute Gasteiger partial charge is 0.325 e. The molecule has 0 aliphatic rings. The van der Waals surface area contributed by atoms with Crippen molar-refractivity contribution in [3.05, 3.63) is 34.4 Å². The molecule has 0 aliphatic carbocycles. The van der Waals surface area contributed by atoms with Crippen molar-refractivity contribution in [2.45, 2.75) is 13.0 Å². The van der Waals surface area contributed by atoms with Crippen LogP contribution in [0.2, 0.25) is 5.02 Å². The maximum atomic E-state index is 13.3. The second kappa shape index (κ2) is 5.09. The number of carboxylic acids is 1. The molecule has 17 heavy (non-hydrogen) atoms. The monoisotopic (exact) mass is 263 g/mol. The summed E-state index contributed by atoms with van der Waals surface area (Å²) < 4.78 is 26.3. The zero-order valence-corrected chi connectivity index (χ0v) is 9.39. The lowest BCUT2D eigenvalue weighted by molar-refractivity contribution is -0.138. The molecule has 0 radical (unpaired) electrons. The Labute approximate surface area is 100 Å². The molecule has 0 bridgehead atoms. The van der Waals surface area contributed by atoms with Crippen LogP contribution in [0.3, 0.4) is 0 Å². The van der Waals surface area contributed by atoms with Crippen molar-refractivity contribution in [1.29, 1.82) is 0 Å². The normalized spacial score (nSPS) is 12.0. The molecule has 1 atom stereocenters. The molecular weight excluding hydrogens is 256 g/mol. The van der Waals surface area contributed by atoms with Gasteiger partial charge in [-0.2, -0.15) is 0 Å². The van der Waals surface area contributed by atoms with Gasteiger partial charge in [-0.25, -0.2) is 8.78 Å². The Morgan fingerprint density at radius 2 is 1.94 bits per heavy atom. The molecule has 1 amide bonds. The first-order valence-corrected chi connectivity index (χ1v) is 4.89. The lowest BCUT2D eigenvalue weighted by Gasteiger charge is -2.10. The summed E-state index contributed by atoms with van der Waals surface area (Å²) in [5.41, 5.74) is -0.597. The molecule has 0 aromatic heterocycles. The third-order valence-electron chi connectivity index (χ3n) is 1.97. The molecule has 7 heteroatoms. The second-order valence-electron chi connectivity index (χ2n) is 3.28. The number of benzene rings is 1. The Kier molecular flexibility index (Phi) is 4.01. The topological polar surface area (TPSA) is 66.4 Å². The summed E-state index contributed by atoms with van der Waals surface area (Å²) in [7, 11) is 0. The maximum absolute atomic E-state index is 13.3. The fraction of sp³-hybridized carbons (Fsp3) is 0.200. The summed E-state index contributed by atoms with van der Waals surface area (Å²) in [6.45, 7) is 1.20. The molecule has 2 N–H and O–H groups in total. The minimum Gasteiger partial charge on any atom is -0.480 e. The molecule has 92 valence electrons. The number of aliphatic carboxylic acids is 1. The highest BCUT2D eigenvalue weighted by molar-refractivity contribution is 6.30. The fourth-order valence-electron chi connectivity index (χ4n) is 1.03. The fourth-order valence-corrected chi connectivity index (χ4v) is 1.18. The molecular formula is C10H8ClF2NO3. The first-order chi connectivity index (χ1) is 7.82. The molecule has 0 fully saturated rings. The van der Waals surface area contributed by atoms with E-state index in [0.29, 0.717) is 12.1 Å². The van der Waals surface area contributed by atoms with E-state index in [1.54, 1.807) is 0 Å². The van der Waals surface area contributed by atoms with Crippen LogP contribution in [-0.2, 0) is 4.79 Å². The van der Waals surface area contributed by atoms with E-state index in [2.05, 4.69) is 0 Å². The van der Waals surface area contributed by atoms with Gasteiger partial charge in [-0.05, 0) is 19.1 Å². The molecule has 1 aromatic carbocycles. The quantitative estimate of drug-likeness (QED) is 0.818. The maximum Gasteiger partial charge on any atom is 0.325 e. The van der Waals surface area contributed by atoms with Crippen LogP contribution in [0.1, 0.15) is 17.3 Å². The third kappa shape index (κ3) is 3.13. The number of halogens is 3. The zero-order valence-electron chi connectivity index (χ0n) is 8.63. The largest absolute Gasteiger partial charge is 0.480 e. The number of hydrogen-bond donors (Lipinski definition) is 2. The van der Waals surface area contributed by atoms with Gasteiger partial charge in [0, 0.05) is 0 Å². The van der Waals surface area contributed by atoms with Gasteiger partial charge in [0.05, 0.1) is 10.6 Å². The average molecular weight is 264 g/mol. The zero-order chi connectivity index (χ0) is 13.2. The van der Waals surface area contributed by atoms with E-state index in [-0.39, 0.29) is 0 Å². The van der Waals surface area contributed by atoms with Crippen molar-refractivity contribution in [3.63, 3.8) is 0 Å². The molecule has 0 saturated carbocycles. The summed E-state index contributed by atoms with van der Waals surface area (Å²) in [6, 6.07) is 0.0550. The number of nitrogens with one attached hydrogen (secondary N) is 1. The van der Waals surface area contributed by atoms with Crippen molar-refractivity contribution in [2.75, 3.05) is 0 Å².